The SMILES string of the molecule is CCCC(NC)C(CC)N1CCC(N(C)C)C1. The van der Waals surface area contributed by atoms with Crippen LogP contribution < -0.4 is 5.32 Å². The monoisotopic (exact) mass is 241 g/mol. The van der Waals surface area contributed by atoms with Crippen LogP contribution in [0.2, 0.25) is 0 Å². The fraction of sp³-hybridized carbons (Fsp3) is 1.00. The Hall–Kier alpha value is -0.120. The molecule has 0 spiro atoms. The molecule has 1 rings (SSSR count). The molecule has 0 saturated carbocycles. The van der Waals surface area contributed by atoms with E-state index in [0.717, 1.165) is 6.04 Å². The van der Waals surface area contributed by atoms with Crippen molar-refractivity contribution in [2.45, 2.75) is 57.7 Å². The molecule has 17 heavy (non-hydrogen) atoms. The fourth-order valence-corrected chi connectivity index (χ4v) is 3.13. The van der Waals surface area contributed by atoms with Gasteiger partial charge in [-0.05, 0) is 40.4 Å². The third-order valence-electron chi connectivity index (χ3n) is 4.25. The van der Waals surface area contributed by atoms with Crippen molar-refractivity contribution in [1.29, 1.82) is 0 Å². The Balaban J connectivity index is 2.56. The molecule has 3 unspecified atom stereocenters. The molecule has 1 aliphatic heterocycles. The summed E-state index contributed by atoms with van der Waals surface area (Å²) < 4.78 is 0. The number of hydrogen-bond donors (Lipinski definition) is 1. The fourth-order valence-electron chi connectivity index (χ4n) is 3.13. The van der Waals surface area contributed by atoms with Gasteiger partial charge in [0.05, 0.1) is 0 Å². The van der Waals surface area contributed by atoms with Crippen molar-refractivity contribution in [3.8, 4) is 0 Å². The van der Waals surface area contributed by atoms with E-state index in [0.29, 0.717) is 12.1 Å². The number of rotatable bonds is 7. The van der Waals surface area contributed by atoms with E-state index < -0.39 is 0 Å². The van der Waals surface area contributed by atoms with Gasteiger partial charge in [0, 0.05) is 31.2 Å². The molecule has 0 aliphatic carbocycles. The number of likely N-dealkylation sites (N-methyl/N-ethyl adjacent to an activating group) is 2. The molecule has 0 aromatic heterocycles. The maximum Gasteiger partial charge on any atom is 0.0247 e. The molecular formula is C14H31N3. The van der Waals surface area contributed by atoms with E-state index in [4.69, 9.17) is 0 Å². The van der Waals surface area contributed by atoms with Crippen molar-refractivity contribution in [3.05, 3.63) is 0 Å². The van der Waals surface area contributed by atoms with Gasteiger partial charge in [0.1, 0.15) is 0 Å². The summed E-state index contributed by atoms with van der Waals surface area (Å²) >= 11 is 0. The van der Waals surface area contributed by atoms with Gasteiger partial charge in [-0.1, -0.05) is 20.3 Å². The molecule has 1 N–H and O–H groups in total. The third kappa shape index (κ3) is 3.94. The second-order valence-electron chi connectivity index (χ2n) is 5.56. The van der Waals surface area contributed by atoms with Crippen molar-refractivity contribution >= 4 is 0 Å². The van der Waals surface area contributed by atoms with Crippen LogP contribution in [0.4, 0.5) is 0 Å². The normalized spacial score (nSPS) is 25.4. The van der Waals surface area contributed by atoms with Crippen molar-refractivity contribution in [3.63, 3.8) is 0 Å². The van der Waals surface area contributed by atoms with Gasteiger partial charge in [-0.3, -0.25) is 4.90 Å². The smallest absolute Gasteiger partial charge is 0.0247 e. The molecule has 0 radical (unpaired) electrons. The minimum absolute atomic E-state index is 0.658. The molecule has 1 heterocycles. The van der Waals surface area contributed by atoms with Gasteiger partial charge in [-0.25, -0.2) is 0 Å². The largest absolute Gasteiger partial charge is 0.315 e. The number of likely N-dealkylation sites (tertiary alicyclic amines) is 1. The van der Waals surface area contributed by atoms with Gasteiger partial charge in [-0.2, -0.15) is 0 Å². The highest BCUT2D eigenvalue weighted by atomic mass is 15.3. The van der Waals surface area contributed by atoms with Crippen molar-refractivity contribution < 1.29 is 0 Å². The molecule has 1 fully saturated rings. The minimum atomic E-state index is 0.658. The van der Waals surface area contributed by atoms with Crippen LogP contribution in [0.3, 0.4) is 0 Å². The topological polar surface area (TPSA) is 18.5 Å². The summed E-state index contributed by atoms with van der Waals surface area (Å²) in [6.45, 7) is 7.12. The van der Waals surface area contributed by atoms with Crippen LogP contribution in [0, 0.1) is 0 Å². The lowest BCUT2D eigenvalue weighted by atomic mass is 10.00. The third-order valence-corrected chi connectivity index (χ3v) is 4.25. The Bertz CT molecular complexity index is 206. The van der Waals surface area contributed by atoms with Gasteiger partial charge in [0.25, 0.3) is 0 Å². The quantitative estimate of drug-likeness (QED) is 0.733. The standard InChI is InChI=1S/C14H31N3/c1-6-8-13(15-3)14(7-2)17-10-9-12(11-17)16(4)5/h12-15H,6-11H2,1-5H3. The first-order valence-electron chi connectivity index (χ1n) is 7.21. The second-order valence-corrected chi connectivity index (χ2v) is 5.56. The molecular weight excluding hydrogens is 210 g/mol. The van der Waals surface area contributed by atoms with Crippen molar-refractivity contribution in [2.75, 3.05) is 34.2 Å². The highest BCUT2D eigenvalue weighted by molar-refractivity contribution is 4.90. The first-order valence-corrected chi connectivity index (χ1v) is 7.21. The summed E-state index contributed by atoms with van der Waals surface area (Å²) in [6.07, 6.45) is 5.14. The van der Waals surface area contributed by atoms with Crippen LogP contribution in [-0.4, -0.2) is 62.2 Å². The minimum Gasteiger partial charge on any atom is -0.315 e. The lowest BCUT2D eigenvalue weighted by Crippen LogP contribution is -2.48. The van der Waals surface area contributed by atoms with E-state index in [1.807, 2.05) is 0 Å². The number of hydrogen-bond acceptors (Lipinski definition) is 3. The van der Waals surface area contributed by atoms with E-state index in [9.17, 15) is 0 Å². The Morgan fingerprint density at radius 3 is 2.47 bits per heavy atom. The van der Waals surface area contributed by atoms with E-state index >= 15 is 0 Å². The maximum absolute atomic E-state index is 3.52. The van der Waals surface area contributed by atoms with Crippen LogP contribution in [0.1, 0.15) is 39.5 Å². The zero-order chi connectivity index (χ0) is 12.8. The average Bonchev–Trinajstić information content (AvgIpc) is 2.78. The van der Waals surface area contributed by atoms with E-state index in [-0.39, 0.29) is 0 Å². The van der Waals surface area contributed by atoms with Gasteiger partial charge < -0.3 is 10.2 Å². The van der Waals surface area contributed by atoms with E-state index in [2.05, 4.69) is 50.1 Å². The van der Waals surface area contributed by atoms with Crippen LogP contribution in [0.15, 0.2) is 0 Å². The van der Waals surface area contributed by atoms with Crippen LogP contribution in [-0.2, 0) is 0 Å². The van der Waals surface area contributed by atoms with Gasteiger partial charge in [-0.15, -0.1) is 0 Å². The van der Waals surface area contributed by atoms with E-state index in [1.165, 1.54) is 38.8 Å². The van der Waals surface area contributed by atoms with Gasteiger partial charge in [0.2, 0.25) is 0 Å². The van der Waals surface area contributed by atoms with Crippen LogP contribution in [0.5, 0.6) is 0 Å². The Kier molecular flexibility index (Phi) is 6.45. The molecule has 0 aromatic carbocycles. The molecule has 0 bridgehead atoms. The molecule has 3 nitrogen and oxygen atoms in total. The highest BCUT2D eigenvalue weighted by Crippen LogP contribution is 2.21. The second kappa shape index (κ2) is 7.34. The number of nitrogens with zero attached hydrogens (tertiary/aromatic N) is 2. The number of nitrogens with one attached hydrogen (secondary N) is 1. The predicted molar refractivity (Wildman–Crippen MR) is 75.5 cm³/mol. The molecule has 102 valence electrons. The summed E-state index contributed by atoms with van der Waals surface area (Å²) in [4.78, 5) is 5.07. The summed E-state index contributed by atoms with van der Waals surface area (Å²) in [6, 6.07) is 2.12. The summed E-state index contributed by atoms with van der Waals surface area (Å²) in [5.41, 5.74) is 0. The molecule has 0 amide bonds. The zero-order valence-electron chi connectivity index (χ0n) is 12.4. The Morgan fingerprint density at radius 1 is 1.35 bits per heavy atom. The van der Waals surface area contributed by atoms with Crippen molar-refractivity contribution in [2.24, 2.45) is 0 Å². The molecule has 0 aromatic rings. The molecule has 1 aliphatic rings. The molecule has 3 atom stereocenters. The predicted octanol–water partition coefficient (Wildman–Crippen LogP) is 1.79. The summed E-state index contributed by atoms with van der Waals surface area (Å²) in [5, 5.41) is 3.52. The summed E-state index contributed by atoms with van der Waals surface area (Å²) in [5.74, 6) is 0. The first-order chi connectivity index (χ1) is 8.13. The average molecular weight is 241 g/mol. The molecule has 3 heteroatoms. The van der Waals surface area contributed by atoms with Crippen LogP contribution >= 0.6 is 0 Å². The summed E-state index contributed by atoms with van der Waals surface area (Å²) in [7, 11) is 6.52. The van der Waals surface area contributed by atoms with Crippen LogP contribution in [0.25, 0.3) is 0 Å². The maximum atomic E-state index is 3.52. The van der Waals surface area contributed by atoms with Gasteiger partial charge >= 0.3 is 0 Å². The molecule has 1 saturated heterocycles. The lowest BCUT2D eigenvalue weighted by Gasteiger charge is -2.34. The zero-order valence-corrected chi connectivity index (χ0v) is 12.4. The van der Waals surface area contributed by atoms with E-state index in [1.54, 1.807) is 0 Å². The van der Waals surface area contributed by atoms with Crippen molar-refractivity contribution in [1.82, 2.24) is 15.1 Å². The Morgan fingerprint density at radius 2 is 2.06 bits per heavy atom. The van der Waals surface area contributed by atoms with Gasteiger partial charge in [0.15, 0.2) is 0 Å². The highest BCUT2D eigenvalue weighted by Gasteiger charge is 2.31. The lowest BCUT2D eigenvalue weighted by molar-refractivity contribution is 0.169. The first kappa shape index (κ1) is 14.9. The Labute approximate surface area is 108 Å².